The molecule has 1 heteroatoms. The first-order valence-electron chi connectivity index (χ1n) is 11.4. The van der Waals surface area contributed by atoms with Crippen molar-refractivity contribution in [3.8, 4) is 0 Å². The highest BCUT2D eigenvalue weighted by molar-refractivity contribution is 5.78. The van der Waals surface area contributed by atoms with E-state index in [4.69, 9.17) is 4.98 Å². The van der Waals surface area contributed by atoms with E-state index in [-0.39, 0.29) is 10.8 Å². The van der Waals surface area contributed by atoms with Crippen molar-refractivity contribution in [2.45, 2.75) is 85.0 Å². The molecule has 160 valence electrons. The predicted octanol–water partition coefficient (Wildman–Crippen LogP) is 8.37. The molecule has 2 aromatic carbocycles. The molecule has 30 heavy (non-hydrogen) atoms. The summed E-state index contributed by atoms with van der Waals surface area (Å²) in [7, 11) is 0. The number of nitrogens with zero attached hydrogens (tertiary/aromatic N) is 1. The molecule has 0 aliphatic carbocycles. The van der Waals surface area contributed by atoms with Crippen LogP contribution in [-0.4, -0.2) is 4.98 Å². The molecule has 0 aliphatic rings. The molecule has 0 radical (unpaired) electrons. The van der Waals surface area contributed by atoms with Crippen LogP contribution < -0.4 is 0 Å². The molecule has 0 fully saturated rings. The summed E-state index contributed by atoms with van der Waals surface area (Å²) in [5.74, 6) is 1.27. The molecule has 3 rings (SSSR count). The summed E-state index contributed by atoms with van der Waals surface area (Å²) in [5.41, 5.74) is 6.83. The second-order valence-corrected chi connectivity index (χ2v) is 11.3. The summed E-state index contributed by atoms with van der Waals surface area (Å²) < 4.78 is 0. The van der Waals surface area contributed by atoms with Gasteiger partial charge in [-0.2, -0.15) is 0 Å². The van der Waals surface area contributed by atoms with Crippen LogP contribution in [0.15, 0.2) is 54.6 Å². The van der Waals surface area contributed by atoms with E-state index in [1.807, 2.05) is 0 Å². The highest BCUT2D eigenvalue weighted by atomic mass is 14.7. The van der Waals surface area contributed by atoms with Gasteiger partial charge in [-0.25, -0.2) is 0 Å². The van der Waals surface area contributed by atoms with Gasteiger partial charge >= 0.3 is 0 Å². The summed E-state index contributed by atoms with van der Waals surface area (Å²) >= 11 is 0. The molecule has 2 atom stereocenters. The summed E-state index contributed by atoms with van der Waals surface area (Å²) in [4.78, 5) is 5.09. The molecule has 1 aromatic heterocycles. The van der Waals surface area contributed by atoms with Gasteiger partial charge in [-0.1, -0.05) is 105 Å². The Kier molecular flexibility index (Phi) is 6.14. The zero-order valence-electron chi connectivity index (χ0n) is 20.4. The maximum absolute atomic E-state index is 5.09. The molecule has 0 bridgehead atoms. The monoisotopic (exact) mass is 401 g/mol. The Hall–Kier alpha value is -2.15. The number of hydrogen-bond acceptors (Lipinski definition) is 1. The lowest BCUT2D eigenvalue weighted by molar-refractivity contribution is 0.428. The van der Waals surface area contributed by atoms with E-state index in [1.165, 1.54) is 27.8 Å². The van der Waals surface area contributed by atoms with E-state index in [9.17, 15) is 0 Å². The third-order valence-corrected chi connectivity index (χ3v) is 6.43. The van der Waals surface area contributed by atoms with Crippen molar-refractivity contribution in [2.24, 2.45) is 5.92 Å². The number of benzene rings is 2. The summed E-state index contributed by atoms with van der Waals surface area (Å²) in [6, 6.07) is 20.2. The van der Waals surface area contributed by atoms with Gasteiger partial charge in [0.15, 0.2) is 0 Å². The van der Waals surface area contributed by atoms with Crippen molar-refractivity contribution in [1.29, 1.82) is 0 Å². The minimum atomic E-state index is 0.129. The molecule has 0 N–H and O–H groups in total. The van der Waals surface area contributed by atoms with E-state index in [1.54, 1.807) is 0 Å². The van der Waals surface area contributed by atoms with Crippen LogP contribution in [0.5, 0.6) is 0 Å². The lowest BCUT2D eigenvalue weighted by Crippen LogP contribution is -2.20. The van der Waals surface area contributed by atoms with Gasteiger partial charge < -0.3 is 0 Å². The summed E-state index contributed by atoms with van der Waals surface area (Å²) in [5, 5.41) is 1.21. The first-order valence-corrected chi connectivity index (χ1v) is 11.4. The van der Waals surface area contributed by atoms with Gasteiger partial charge in [0.25, 0.3) is 0 Å². The number of aromatic nitrogens is 1. The quantitative estimate of drug-likeness (QED) is 0.428. The molecular formula is C29H39N. The Morgan fingerprint density at radius 1 is 0.700 bits per heavy atom. The fourth-order valence-electron chi connectivity index (χ4n) is 4.43. The maximum atomic E-state index is 5.09. The smallest absolute Gasteiger partial charge is 0.0705 e. The first-order chi connectivity index (χ1) is 13.9. The van der Waals surface area contributed by atoms with Gasteiger partial charge in [-0.3, -0.25) is 4.98 Å². The highest BCUT2D eigenvalue weighted by Gasteiger charge is 2.28. The zero-order chi connectivity index (χ0) is 22.3. The molecule has 1 heterocycles. The van der Waals surface area contributed by atoms with Crippen LogP contribution in [0.4, 0.5) is 0 Å². The van der Waals surface area contributed by atoms with Gasteiger partial charge in [0.1, 0.15) is 0 Å². The van der Waals surface area contributed by atoms with E-state index in [0.717, 1.165) is 5.52 Å². The summed E-state index contributed by atoms with van der Waals surface area (Å²) in [6.07, 6.45) is 0. The van der Waals surface area contributed by atoms with Crippen LogP contribution in [0.25, 0.3) is 10.9 Å². The Bertz CT molecular complexity index is 982. The van der Waals surface area contributed by atoms with Gasteiger partial charge in [0.05, 0.1) is 5.52 Å². The number of rotatable bonds is 4. The molecule has 3 aromatic rings. The van der Waals surface area contributed by atoms with Crippen LogP contribution in [0.1, 0.15) is 96.5 Å². The predicted molar refractivity (Wildman–Crippen MR) is 132 cm³/mol. The average Bonchev–Trinajstić information content (AvgIpc) is 2.66. The lowest BCUT2D eigenvalue weighted by atomic mass is 9.74. The second-order valence-electron chi connectivity index (χ2n) is 11.3. The van der Waals surface area contributed by atoms with E-state index in [0.29, 0.717) is 17.8 Å². The molecule has 0 aliphatic heterocycles. The molecule has 1 nitrogen and oxygen atoms in total. The fraction of sp³-hybridized carbons (Fsp3) is 0.483. The number of para-hydroxylation sites is 1. The fourth-order valence-corrected chi connectivity index (χ4v) is 4.43. The standard InChI is InChI=1S/C29H39N/c1-19(2)27(26-15-14-21-12-10-11-13-25(21)30-26)20(3)22-16-23(28(4,5)6)18-24(17-22)29(7,8)9/h10-20,27H,1-9H3/t20-,27+/m1/s1. The highest BCUT2D eigenvalue weighted by Crippen LogP contribution is 2.41. The minimum absolute atomic E-state index is 0.129. The van der Waals surface area contributed by atoms with Gasteiger partial charge in [0.2, 0.25) is 0 Å². The number of hydrogen-bond donors (Lipinski definition) is 0. The SMILES string of the molecule is CC(C)[C@H](c1ccc2ccccc2n1)[C@H](C)c1cc(C(C)(C)C)cc(C(C)(C)C)c1. The van der Waals surface area contributed by atoms with E-state index >= 15 is 0 Å². The first kappa shape index (κ1) is 22.5. The van der Waals surface area contributed by atoms with Gasteiger partial charge in [0, 0.05) is 17.0 Å². The van der Waals surface area contributed by atoms with Crippen LogP contribution in [-0.2, 0) is 10.8 Å². The van der Waals surface area contributed by atoms with Crippen LogP contribution in [0, 0.1) is 5.92 Å². The normalized spacial score (nSPS) is 14.9. The number of pyridine rings is 1. The minimum Gasteiger partial charge on any atom is -0.253 e. The van der Waals surface area contributed by atoms with E-state index < -0.39 is 0 Å². The second kappa shape index (κ2) is 8.17. The third kappa shape index (κ3) is 4.77. The number of fused-ring (bicyclic) bond motifs is 1. The zero-order valence-corrected chi connectivity index (χ0v) is 20.4. The Morgan fingerprint density at radius 2 is 1.27 bits per heavy atom. The summed E-state index contributed by atoms with van der Waals surface area (Å²) in [6.45, 7) is 20.9. The molecule has 0 saturated heterocycles. The lowest BCUT2D eigenvalue weighted by Gasteiger charge is -2.31. The molecular weight excluding hydrogens is 362 g/mol. The molecule has 0 unspecified atom stereocenters. The van der Waals surface area contributed by atoms with Crippen molar-refractivity contribution in [3.63, 3.8) is 0 Å². The van der Waals surface area contributed by atoms with Gasteiger partial charge in [-0.15, -0.1) is 0 Å². The molecule has 0 spiro atoms. The average molecular weight is 402 g/mol. The topological polar surface area (TPSA) is 12.9 Å². The molecule has 0 saturated carbocycles. The van der Waals surface area contributed by atoms with E-state index in [2.05, 4.69) is 117 Å². The Morgan fingerprint density at radius 3 is 1.80 bits per heavy atom. The third-order valence-electron chi connectivity index (χ3n) is 6.43. The van der Waals surface area contributed by atoms with Crippen molar-refractivity contribution in [1.82, 2.24) is 4.98 Å². The van der Waals surface area contributed by atoms with Crippen LogP contribution in [0.2, 0.25) is 0 Å². The largest absolute Gasteiger partial charge is 0.253 e. The van der Waals surface area contributed by atoms with Crippen LogP contribution in [0.3, 0.4) is 0 Å². The van der Waals surface area contributed by atoms with Crippen molar-refractivity contribution >= 4 is 10.9 Å². The Labute approximate surface area is 183 Å². The van der Waals surface area contributed by atoms with Gasteiger partial charge in [-0.05, 0) is 51.5 Å². The Balaban J connectivity index is 2.12. The maximum Gasteiger partial charge on any atom is 0.0705 e. The van der Waals surface area contributed by atoms with Crippen molar-refractivity contribution in [2.75, 3.05) is 0 Å². The van der Waals surface area contributed by atoms with Crippen LogP contribution >= 0.6 is 0 Å². The van der Waals surface area contributed by atoms with Crippen molar-refractivity contribution < 1.29 is 0 Å². The van der Waals surface area contributed by atoms with Crippen molar-refractivity contribution in [3.05, 3.63) is 77.0 Å². The molecule has 0 amide bonds.